The molecule has 1 saturated carbocycles. The Morgan fingerprint density at radius 3 is 2.48 bits per heavy atom. The van der Waals surface area contributed by atoms with E-state index in [1.54, 1.807) is 18.2 Å². The van der Waals surface area contributed by atoms with Crippen LogP contribution in [0, 0.1) is 10.1 Å². The minimum atomic E-state index is -0.495. The summed E-state index contributed by atoms with van der Waals surface area (Å²) in [5.41, 5.74) is 0.723. The highest BCUT2D eigenvalue weighted by molar-refractivity contribution is 6.33. The molecule has 1 aliphatic rings. The number of hydrogen-bond donors (Lipinski definition) is 1. The summed E-state index contributed by atoms with van der Waals surface area (Å²) < 4.78 is 0. The van der Waals surface area contributed by atoms with Crippen LogP contribution < -0.4 is 5.32 Å². The maximum Gasteiger partial charge on any atom is 0.269 e. The molecule has 1 N–H and O–H groups in total. The van der Waals surface area contributed by atoms with Gasteiger partial charge in [-0.3, -0.25) is 19.9 Å². The molecule has 23 heavy (non-hydrogen) atoms. The normalized spacial score (nSPS) is 15.5. The standard InChI is InChI=1S/C16H14ClN3O3/c17-14-6-9-18-10-13(14)15(21)19-16(7-1-8-16)11-2-4-12(5-3-11)20(22)23/h2-6,9-10H,1,7-8H2,(H,19,21). The lowest BCUT2D eigenvalue weighted by atomic mass is 9.71. The number of aromatic nitrogens is 1. The Labute approximate surface area is 137 Å². The molecule has 0 atom stereocenters. The highest BCUT2D eigenvalue weighted by Gasteiger charge is 2.40. The average Bonchev–Trinajstić information content (AvgIpc) is 2.51. The van der Waals surface area contributed by atoms with Crippen molar-refractivity contribution in [2.45, 2.75) is 24.8 Å². The first kappa shape index (κ1) is 15.4. The third kappa shape index (κ3) is 2.90. The zero-order chi connectivity index (χ0) is 16.4. The molecule has 1 fully saturated rings. The molecule has 0 aliphatic heterocycles. The predicted octanol–water partition coefficient (Wildman–Crippen LogP) is 3.45. The zero-order valence-corrected chi connectivity index (χ0v) is 12.9. The number of amides is 1. The molecule has 2 aromatic rings. The van der Waals surface area contributed by atoms with Crippen molar-refractivity contribution < 1.29 is 9.72 Å². The number of nitro benzene ring substituents is 1. The van der Waals surface area contributed by atoms with Crippen LogP contribution in [0.3, 0.4) is 0 Å². The Balaban J connectivity index is 1.85. The number of rotatable bonds is 4. The lowest BCUT2D eigenvalue weighted by Crippen LogP contribution is -2.50. The molecule has 6 nitrogen and oxygen atoms in total. The van der Waals surface area contributed by atoms with E-state index in [0.717, 1.165) is 24.8 Å². The van der Waals surface area contributed by atoms with E-state index < -0.39 is 10.5 Å². The van der Waals surface area contributed by atoms with Crippen molar-refractivity contribution in [1.82, 2.24) is 10.3 Å². The molecule has 1 aromatic heterocycles. The van der Waals surface area contributed by atoms with Gasteiger partial charge in [0, 0.05) is 24.5 Å². The lowest BCUT2D eigenvalue weighted by molar-refractivity contribution is -0.384. The van der Waals surface area contributed by atoms with Gasteiger partial charge in [0.2, 0.25) is 0 Å². The van der Waals surface area contributed by atoms with Gasteiger partial charge < -0.3 is 5.32 Å². The van der Waals surface area contributed by atoms with Crippen LogP contribution in [-0.2, 0) is 5.54 Å². The Kier molecular flexibility index (Phi) is 4.00. The number of benzene rings is 1. The third-order valence-corrected chi connectivity index (χ3v) is 4.53. The summed E-state index contributed by atoms with van der Waals surface area (Å²) in [6, 6.07) is 7.87. The molecule has 0 bridgehead atoms. The zero-order valence-electron chi connectivity index (χ0n) is 12.2. The SMILES string of the molecule is O=C(NC1(c2ccc([N+](=O)[O-])cc2)CCC1)c1cnccc1Cl. The first-order valence-corrected chi connectivity index (χ1v) is 7.57. The van der Waals surface area contributed by atoms with E-state index in [4.69, 9.17) is 11.6 Å². The van der Waals surface area contributed by atoms with Gasteiger partial charge in [-0.25, -0.2) is 0 Å². The summed E-state index contributed by atoms with van der Waals surface area (Å²) in [4.78, 5) is 26.7. The van der Waals surface area contributed by atoms with Crippen LogP contribution in [0.5, 0.6) is 0 Å². The van der Waals surface area contributed by atoms with Crippen molar-refractivity contribution in [3.05, 3.63) is 69.0 Å². The predicted molar refractivity (Wildman–Crippen MR) is 85.3 cm³/mol. The molecule has 1 aromatic carbocycles. The van der Waals surface area contributed by atoms with E-state index in [-0.39, 0.29) is 11.6 Å². The quantitative estimate of drug-likeness (QED) is 0.686. The molecule has 0 radical (unpaired) electrons. The van der Waals surface area contributed by atoms with Crippen molar-refractivity contribution >= 4 is 23.2 Å². The monoisotopic (exact) mass is 331 g/mol. The number of hydrogen-bond acceptors (Lipinski definition) is 4. The van der Waals surface area contributed by atoms with Crippen molar-refractivity contribution in [2.75, 3.05) is 0 Å². The summed E-state index contributed by atoms with van der Waals surface area (Å²) in [5, 5.41) is 14.1. The first-order chi connectivity index (χ1) is 11.0. The molecule has 7 heteroatoms. The van der Waals surface area contributed by atoms with Gasteiger partial charge in [0.1, 0.15) is 0 Å². The maximum absolute atomic E-state index is 12.5. The fourth-order valence-corrected chi connectivity index (χ4v) is 2.94. The summed E-state index contributed by atoms with van der Waals surface area (Å²) >= 11 is 6.03. The molecule has 118 valence electrons. The smallest absolute Gasteiger partial charge is 0.269 e. The fourth-order valence-electron chi connectivity index (χ4n) is 2.75. The molecule has 0 saturated heterocycles. The highest BCUT2D eigenvalue weighted by Crippen LogP contribution is 2.42. The molecule has 1 heterocycles. The van der Waals surface area contributed by atoms with Crippen LogP contribution in [0.4, 0.5) is 5.69 Å². The molecule has 1 aliphatic carbocycles. The van der Waals surface area contributed by atoms with E-state index in [2.05, 4.69) is 10.3 Å². The third-order valence-electron chi connectivity index (χ3n) is 4.20. The van der Waals surface area contributed by atoms with Crippen LogP contribution >= 0.6 is 11.6 Å². The minimum Gasteiger partial charge on any atom is -0.342 e. The van der Waals surface area contributed by atoms with Crippen LogP contribution in [0.15, 0.2) is 42.7 Å². The molecule has 0 spiro atoms. The second-order valence-electron chi connectivity index (χ2n) is 5.55. The highest BCUT2D eigenvalue weighted by atomic mass is 35.5. The Hall–Kier alpha value is -2.47. The molecular weight excluding hydrogens is 318 g/mol. The summed E-state index contributed by atoms with van der Waals surface area (Å²) in [5.74, 6) is -0.291. The second kappa shape index (κ2) is 5.96. The fraction of sp³-hybridized carbons (Fsp3) is 0.250. The Morgan fingerprint density at radius 2 is 1.96 bits per heavy atom. The number of carbonyl (C=O) groups excluding carboxylic acids is 1. The number of halogens is 1. The first-order valence-electron chi connectivity index (χ1n) is 7.19. The molecule has 3 rings (SSSR count). The average molecular weight is 332 g/mol. The number of nitro groups is 1. The van der Waals surface area contributed by atoms with E-state index in [1.165, 1.54) is 24.5 Å². The van der Waals surface area contributed by atoms with E-state index in [0.29, 0.717) is 10.6 Å². The maximum atomic E-state index is 12.5. The molecule has 1 amide bonds. The van der Waals surface area contributed by atoms with E-state index in [1.807, 2.05) is 0 Å². The summed E-state index contributed by atoms with van der Waals surface area (Å²) in [6.07, 6.45) is 5.51. The van der Waals surface area contributed by atoms with Gasteiger partial charge in [-0.05, 0) is 43.0 Å². The van der Waals surface area contributed by atoms with Crippen LogP contribution in [0.1, 0.15) is 35.2 Å². The van der Waals surface area contributed by atoms with Gasteiger partial charge in [-0.2, -0.15) is 0 Å². The number of carbonyl (C=O) groups is 1. The number of nitrogens with one attached hydrogen (secondary N) is 1. The molecular formula is C16H14ClN3O3. The van der Waals surface area contributed by atoms with Crippen molar-refractivity contribution in [3.63, 3.8) is 0 Å². The van der Waals surface area contributed by atoms with Crippen molar-refractivity contribution in [1.29, 1.82) is 0 Å². The van der Waals surface area contributed by atoms with Gasteiger partial charge in [0.25, 0.3) is 11.6 Å². The van der Waals surface area contributed by atoms with Gasteiger partial charge in [-0.15, -0.1) is 0 Å². The van der Waals surface area contributed by atoms with Gasteiger partial charge in [0.05, 0.1) is 21.0 Å². The van der Waals surface area contributed by atoms with Crippen molar-refractivity contribution in [2.24, 2.45) is 0 Å². The summed E-state index contributed by atoms with van der Waals surface area (Å²) in [6.45, 7) is 0. The van der Waals surface area contributed by atoms with E-state index in [9.17, 15) is 14.9 Å². The number of nitrogens with zero attached hydrogens (tertiary/aromatic N) is 2. The largest absolute Gasteiger partial charge is 0.342 e. The van der Waals surface area contributed by atoms with Crippen LogP contribution in [-0.4, -0.2) is 15.8 Å². The van der Waals surface area contributed by atoms with Crippen LogP contribution in [0.2, 0.25) is 5.02 Å². The van der Waals surface area contributed by atoms with Crippen molar-refractivity contribution in [3.8, 4) is 0 Å². The molecule has 0 unspecified atom stereocenters. The number of non-ortho nitro benzene ring substituents is 1. The van der Waals surface area contributed by atoms with Gasteiger partial charge >= 0.3 is 0 Å². The Bertz CT molecular complexity index is 757. The second-order valence-corrected chi connectivity index (χ2v) is 5.96. The van der Waals surface area contributed by atoms with Crippen LogP contribution in [0.25, 0.3) is 0 Å². The van der Waals surface area contributed by atoms with Gasteiger partial charge in [0.15, 0.2) is 0 Å². The topological polar surface area (TPSA) is 85.1 Å². The van der Waals surface area contributed by atoms with E-state index >= 15 is 0 Å². The van der Waals surface area contributed by atoms with Gasteiger partial charge in [-0.1, -0.05) is 11.6 Å². The Morgan fingerprint density at radius 1 is 1.26 bits per heavy atom. The number of pyridine rings is 1. The lowest BCUT2D eigenvalue weighted by Gasteiger charge is -2.43. The minimum absolute atomic E-state index is 0.0323. The summed E-state index contributed by atoms with van der Waals surface area (Å²) in [7, 11) is 0.